The second-order valence-electron chi connectivity index (χ2n) is 5.96. The summed E-state index contributed by atoms with van der Waals surface area (Å²) in [5.41, 5.74) is 1.41. The molecule has 1 amide bonds. The highest BCUT2D eigenvalue weighted by Gasteiger charge is 2.15. The summed E-state index contributed by atoms with van der Waals surface area (Å²) in [4.78, 5) is 12.5. The van der Waals surface area contributed by atoms with Gasteiger partial charge in [0.05, 0.1) is 40.0 Å². The lowest BCUT2D eigenvalue weighted by molar-refractivity contribution is -0.115. The Labute approximate surface area is 160 Å². The van der Waals surface area contributed by atoms with Crippen LogP contribution < -0.4 is 24.3 Å². The predicted molar refractivity (Wildman–Crippen MR) is 105 cm³/mol. The van der Waals surface area contributed by atoms with E-state index in [1.54, 1.807) is 33.5 Å². The lowest BCUT2D eigenvalue weighted by atomic mass is 10.1. The van der Waals surface area contributed by atoms with Crippen LogP contribution in [0.25, 0.3) is 0 Å². The summed E-state index contributed by atoms with van der Waals surface area (Å²) < 4.78 is 21.7. The van der Waals surface area contributed by atoms with E-state index in [4.69, 9.17) is 18.9 Å². The van der Waals surface area contributed by atoms with E-state index in [9.17, 15) is 4.79 Å². The van der Waals surface area contributed by atoms with Crippen LogP contribution >= 0.6 is 0 Å². The van der Waals surface area contributed by atoms with E-state index in [1.807, 2.05) is 24.3 Å². The van der Waals surface area contributed by atoms with Gasteiger partial charge in [0.25, 0.3) is 0 Å². The second kappa shape index (κ2) is 10.3. The fraction of sp³-hybridized carbons (Fsp3) is 0.381. The molecule has 0 atom stereocenters. The Morgan fingerprint density at radius 3 is 2.22 bits per heavy atom. The summed E-state index contributed by atoms with van der Waals surface area (Å²) in [5, 5.41) is 2.91. The summed E-state index contributed by atoms with van der Waals surface area (Å²) in [6, 6.07) is 11.0. The van der Waals surface area contributed by atoms with Crippen molar-refractivity contribution in [3.05, 3.63) is 42.0 Å². The average molecular weight is 373 g/mol. The largest absolute Gasteiger partial charge is 0.493 e. The molecule has 0 aromatic heterocycles. The first-order chi connectivity index (χ1) is 13.1. The molecule has 0 saturated carbocycles. The van der Waals surface area contributed by atoms with Gasteiger partial charge in [-0.2, -0.15) is 0 Å². The van der Waals surface area contributed by atoms with Crippen LogP contribution in [0.15, 0.2) is 36.4 Å². The molecule has 0 aliphatic carbocycles. The Morgan fingerprint density at radius 2 is 1.63 bits per heavy atom. The zero-order chi connectivity index (χ0) is 19.6. The number of hydrogen-bond acceptors (Lipinski definition) is 5. The van der Waals surface area contributed by atoms with Crippen molar-refractivity contribution in [3.8, 4) is 23.0 Å². The molecule has 27 heavy (non-hydrogen) atoms. The molecule has 0 saturated heterocycles. The molecule has 2 aromatic rings. The average Bonchev–Trinajstić information content (AvgIpc) is 2.68. The Balaban J connectivity index is 2.12. The molecule has 1 N–H and O–H groups in total. The number of carbonyl (C=O) groups is 1. The molecule has 0 fully saturated rings. The summed E-state index contributed by atoms with van der Waals surface area (Å²) in [6.07, 6.45) is 2.18. The third kappa shape index (κ3) is 5.54. The van der Waals surface area contributed by atoms with Crippen LogP contribution in [0.4, 0.5) is 5.69 Å². The summed E-state index contributed by atoms with van der Waals surface area (Å²) in [5.74, 6) is 2.05. The highest BCUT2D eigenvalue weighted by Crippen LogP contribution is 2.38. The van der Waals surface area contributed by atoms with E-state index >= 15 is 0 Å². The molecule has 0 unspecified atom stereocenters. The number of anilines is 1. The van der Waals surface area contributed by atoms with Gasteiger partial charge in [0, 0.05) is 0 Å². The first kappa shape index (κ1) is 20.4. The van der Waals surface area contributed by atoms with E-state index in [0.717, 1.165) is 18.4 Å². The fourth-order valence-electron chi connectivity index (χ4n) is 2.64. The maximum atomic E-state index is 12.5. The number of benzene rings is 2. The normalized spacial score (nSPS) is 10.2. The number of hydrogen-bond donors (Lipinski definition) is 1. The van der Waals surface area contributed by atoms with Crippen LogP contribution in [0, 0.1) is 0 Å². The minimum absolute atomic E-state index is 0.157. The van der Waals surface area contributed by atoms with Gasteiger partial charge in [0.1, 0.15) is 5.75 Å². The molecule has 6 heteroatoms. The second-order valence-corrected chi connectivity index (χ2v) is 5.96. The van der Waals surface area contributed by atoms with Crippen molar-refractivity contribution < 1.29 is 23.7 Å². The topological polar surface area (TPSA) is 66.0 Å². The van der Waals surface area contributed by atoms with Gasteiger partial charge in [0.15, 0.2) is 11.5 Å². The molecular weight excluding hydrogens is 346 g/mol. The maximum Gasteiger partial charge on any atom is 0.228 e. The fourth-order valence-corrected chi connectivity index (χ4v) is 2.64. The van der Waals surface area contributed by atoms with E-state index in [0.29, 0.717) is 35.3 Å². The quantitative estimate of drug-likeness (QED) is 0.636. The van der Waals surface area contributed by atoms with E-state index in [-0.39, 0.29) is 12.3 Å². The Kier molecular flexibility index (Phi) is 7.79. The number of rotatable bonds is 10. The van der Waals surface area contributed by atoms with Crippen molar-refractivity contribution in [2.45, 2.75) is 26.2 Å². The molecule has 0 spiro atoms. The molecule has 0 aliphatic rings. The number of carbonyl (C=O) groups excluding carboxylic acids is 1. The van der Waals surface area contributed by atoms with E-state index < -0.39 is 0 Å². The number of amides is 1. The monoisotopic (exact) mass is 373 g/mol. The van der Waals surface area contributed by atoms with Crippen molar-refractivity contribution in [2.75, 3.05) is 33.3 Å². The van der Waals surface area contributed by atoms with Crippen LogP contribution in [-0.2, 0) is 11.2 Å². The molecule has 0 heterocycles. The molecule has 146 valence electrons. The molecule has 0 aliphatic heterocycles. The smallest absolute Gasteiger partial charge is 0.228 e. The maximum absolute atomic E-state index is 12.5. The number of nitrogens with one attached hydrogen (secondary N) is 1. The van der Waals surface area contributed by atoms with Crippen molar-refractivity contribution in [3.63, 3.8) is 0 Å². The van der Waals surface area contributed by atoms with Gasteiger partial charge in [0.2, 0.25) is 11.7 Å². The SMILES string of the molecule is CCCCOc1ccccc1NC(=O)Cc1cc(OC)c(OC)c(OC)c1. The lowest BCUT2D eigenvalue weighted by Crippen LogP contribution is -2.15. The zero-order valence-electron chi connectivity index (χ0n) is 16.3. The summed E-state index contributed by atoms with van der Waals surface area (Å²) in [7, 11) is 4.64. The van der Waals surface area contributed by atoms with Crippen LogP contribution in [0.5, 0.6) is 23.0 Å². The van der Waals surface area contributed by atoms with Crippen molar-refractivity contribution in [1.82, 2.24) is 0 Å². The van der Waals surface area contributed by atoms with Crippen LogP contribution in [0.3, 0.4) is 0 Å². The van der Waals surface area contributed by atoms with Crippen LogP contribution in [0.1, 0.15) is 25.3 Å². The third-order valence-corrected chi connectivity index (χ3v) is 4.01. The first-order valence-corrected chi connectivity index (χ1v) is 8.93. The number of para-hydroxylation sites is 2. The predicted octanol–water partition coefficient (Wildman–Crippen LogP) is 4.07. The molecule has 2 rings (SSSR count). The molecule has 0 radical (unpaired) electrons. The van der Waals surface area contributed by atoms with Crippen molar-refractivity contribution in [2.24, 2.45) is 0 Å². The van der Waals surface area contributed by atoms with Gasteiger partial charge < -0.3 is 24.3 Å². The molecular formula is C21H27NO5. The number of methoxy groups -OCH3 is 3. The Bertz CT molecular complexity index is 735. The van der Waals surface area contributed by atoms with E-state index in [1.165, 1.54) is 0 Å². The zero-order valence-corrected chi connectivity index (χ0v) is 16.3. The minimum Gasteiger partial charge on any atom is -0.493 e. The van der Waals surface area contributed by atoms with Crippen molar-refractivity contribution >= 4 is 11.6 Å². The Hall–Kier alpha value is -2.89. The molecule has 6 nitrogen and oxygen atoms in total. The van der Waals surface area contributed by atoms with Gasteiger partial charge in [-0.05, 0) is 36.2 Å². The van der Waals surface area contributed by atoms with Gasteiger partial charge in [-0.3, -0.25) is 4.79 Å². The van der Waals surface area contributed by atoms with Crippen LogP contribution in [-0.4, -0.2) is 33.8 Å². The summed E-state index contributed by atoms with van der Waals surface area (Å²) in [6.45, 7) is 2.73. The third-order valence-electron chi connectivity index (χ3n) is 4.01. The van der Waals surface area contributed by atoms with Crippen molar-refractivity contribution in [1.29, 1.82) is 0 Å². The first-order valence-electron chi connectivity index (χ1n) is 8.93. The van der Waals surface area contributed by atoms with Gasteiger partial charge in [-0.1, -0.05) is 25.5 Å². The summed E-state index contributed by atoms with van der Waals surface area (Å²) >= 11 is 0. The number of unbranched alkanes of at least 4 members (excludes halogenated alkanes) is 1. The molecule has 0 bridgehead atoms. The molecule has 2 aromatic carbocycles. The van der Waals surface area contributed by atoms with Gasteiger partial charge in [-0.25, -0.2) is 0 Å². The van der Waals surface area contributed by atoms with E-state index in [2.05, 4.69) is 12.2 Å². The highest BCUT2D eigenvalue weighted by atomic mass is 16.5. The standard InChI is InChI=1S/C21H27NO5/c1-5-6-11-27-17-10-8-7-9-16(17)22-20(23)14-15-12-18(24-2)21(26-4)19(13-15)25-3/h7-10,12-13H,5-6,11,14H2,1-4H3,(H,22,23). The lowest BCUT2D eigenvalue weighted by Gasteiger charge is -2.15. The highest BCUT2D eigenvalue weighted by molar-refractivity contribution is 5.93. The van der Waals surface area contributed by atoms with Gasteiger partial charge in [-0.15, -0.1) is 0 Å². The number of ether oxygens (including phenoxy) is 4. The van der Waals surface area contributed by atoms with Gasteiger partial charge >= 0.3 is 0 Å². The van der Waals surface area contributed by atoms with Crippen LogP contribution in [0.2, 0.25) is 0 Å². The minimum atomic E-state index is -0.157. The Morgan fingerprint density at radius 1 is 0.963 bits per heavy atom.